The summed E-state index contributed by atoms with van der Waals surface area (Å²) in [6.45, 7) is 3.79. The highest BCUT2D eigenvalue weighted by molar-refractivity contribution is 7.98. The average Bonchev–Trinajstić information content (AvgIpc) is 2.67. The highest BCUT2D eigenvalue weighted by Gasteiger charge is 2.22. The molecule has 2 aromatic rings. The molecule has 0 spiro atoms. The Labute approximate surface area is 183 Å². The predicted molar refractivity (Wildman–Crippen MR) is 115 cm³/mol. The predicted octanol–water partition coefficient (Wildman–Crippen LogP) is 6.86. The van der Waals surface area contributed by atoms with E-state index in [9.17, 15) is 4.79 Å². The van der Waals surface area contributed by atoms with Crippen LogP contribution in [-0.4, -0.2) is 28.9 Å². The number of amides is 1. The number of likely N-dealkylation sites (tertiary alicyclic amines) is 1. The first-order valence-electron chi connectivity index (χ1n) is 8.57. The van der Waals surface area contributed by atoms with Gasteiger partial charge in [0.1, 0.15) is 5.69 Å². The summed E-state index contributed by atoms with van der Waals surface area (Å²) in [5.74, 6) is 1.15. The van der Waals surface area contributed by atoms with Crippen LogP contribution in [0.1, 0.15) is 35.9 Å². The van der Waals surface area contributed by atoms with E-state index >= 15 is 0 Å². The molecule has 1 amide bonds. The minimum absolute atomic E-state index is 0.0179. The van der Waals surface area contributed by atoms with Gasteiger partial charge in [0.15, 0.2) is 0 Å². The van der Waals surface area contributed by atoms with Gasteiger partial charge in [0.2, 0.25) is 0 Å². The number of rotatable bonds is 4. The normalized spacial score (nSPS) is 15.2. The molecule has 0 saturated carbocycles. The van der Waals surface area contributed by atoms with E-state index in [-0.39, 0.29) is 5.91 Å². The molecule has 1 aliphatic rings. The maximum Gasteiger partial charge on any atom is 0.272 e. The van der Waals surface area contributed by atoms with Gasteiger partial charge in [-0.15, -0.1) is 11.8 Å². The summed E-state index contributed by atoms with van der Waals surface area (Å²) in [7, 11) is 0. The maximum atomic E-state index is 12.7. The van der Waals surface area contributed by atoms with Gasteiger partial charge in [0, 0.05) is 23.7 Å². The molecular formula is C19H18Cl4N2OS. The number of nitrogens with zero attached hydrogens (tertiary/aromatic N) is 2. The summed E-state index contributed by atoms with van der Waals surface area (Å²) in [5.41, 5.74) is 1.23. The zero-order valence-electron chi connectivity index (χ0n) is 14.6. The smallest absolute Gasteiger partial charge is 0.272 e. The highest BCUT2D eigenvalue weighted by atomic mass is 35.5. The van der Waals surface area contributed by atoms with Gasteiger partial charge in [0.05, 0.1) is 25.8 Å². The quantitative estimate of drug-likeness (QED) is 0.366. The Morgan fingerprint density at radius 2 is 1.78 bits per heavy atom. The molecule has 1 fully saturated rings. The van der Waals surface area contributed by atoms with Crippen LogP contribution < -0.4 is 0 Å². The minimum Gasteiger partial charge on any atom is -0.337 e. The number of pyridine rings is 1. The average molecular weight is 464 g/mol. The molecule has 0 bridgehead atoms. The molecule has 1 saturated heterocycles. The summed E-state index contributed by atoms with van der Waals surface area (Å²) in [6, 6.07) is 6.99. The Hall–Kier alpha value is -0.650. The molecule has 27 heavy (non-hydrogen) atoms. The number of benzene rings is 1. The van der Waals surface area contributed by atoms with Crippen LogP contribution in [-0.2, 0) is 5.75 Å². The van der Waals surface area contributed by atoms with Gasteiger partial charge in [-0.2, -0.15) is 0 Å². The highest BCUT2D eigenvalue weighted by Crippen LogP contribution is 2.43. The SMILES string of the molecule is CC1CCN(C(=O)c2cccc(CSc3c(Cl)c(Cl)cc(Cl)c3Cl)n2)CC1. The molecule has 0 unspecified atom stereocenters. The van der Waals surface area contributed by atoms with Crippen molar-refractivity contribution in [3.63, 3.8) is 0 Å². The Bertz CT molecular complexity index is 828. The second-order valence-corrected chi connectivity index (χ2v) is 9.13. The molecule has 0 atom stereocenters. The lowest BCUT2D eigenvalue weighted by Crippen LogP contribution is -2.38. The van der Waals surface area contributed by atoms with Gasteiger partial charge in [-0.3, -0.25) is 4.79 Å². The van der Waals surface area contributed by atoms with Crippen molar-refractivity contribution in [3.05, 3.63) is 55.7 Å². The number of halogens is 4. The summed E-state index contributed by atoms with van der Waals surface area (Å²) in [5, 5.41) is 1.44. The maximum absolute atomic E-state index is 12.7. The molecule has 0 radical (unpaired) electrons. The van der Waals surface area contributed by atoms with Crippen LogP contribution in [0.5, 0.6) is 0 Å². The number of piperidine rings is 1. The molecule has 3 rings (SSSR count). The Kier molecular flexibility index (Phi) is 7.20. The number of carbonyl (C=O) groups is 1. The fraction of sp³-hybridized carbons (Fsp3) is 0.368. The van der Waals surface area contributed by atoms with Crippen molar-refractivity contribution in [2.75, 3.05) is 13.1 Å². The van der Waals surface area contributed by atoms with E-state index in [1.54, 1.807) is 6.07 Å². The zero-order valence-corrected chi connectivity index (χ0v) is 18.5. The Balaban J connectivity index is 1.73. The van der Waals surface area contributed by atoms with Gasteiger partial charge in [0.25, 0.3) is 5.91 Å². The molecule has 2 heterocycles. The standard InChI is InChI=1S/C19H18Cl4N2OS/c1-11-5-7-25(8-6-11)19(26)15-4-2-3-12(24-15)10-27-18-16(22)13(20)9-14(21)17(18)23/h2-4,9,11H,5-8,10H2,1H3. The third kappa shape index (κ3) is 5.04. The van der Waals surface area contributed by atoms with Gasteiger partial charge >= 0.3 is 0 Å². The van der Waals surface area contributed by atoms with Crippen LogP contribution in [0.2, 0.25) is 20.1 Å². The lowest BCUT2D eigenvalue weighted by molar-refractivity contribution is 0.0691. The number of hydrogen-bond donors (Lipinski definition) is 0. The van der Waals surface area contributed by atoms with E-state index in [1.807, 2.05) is 17.0 Å². The van der Waals surface area contributed by atoms with Crippen LogP contribution in [0.3, 0.4) is 0 Å². The van der Waals surface area contributed by atoms with Crippen molar-refractivity contribution < 1.29 is 4.79 Å². The summed E-state index contributed by atoms with van der Waals surface area (Å²) in [4.78, 5) is 19.7. The van der Waals surface area contributed by atoms with E-state index in [2.05, 4.69) is 11.9 Å². The molecular weight excluding hydrogens is 446 g/mol. The van der Waals surface area contributed by atoms with Crippen molar-refractivity contribution >= 4 is 64.1 Å². The van der Waals surface area contributed by atoms with Crippen LogP contribution in [0, 0.1) is 5.92 Å². The lowest BCUT2D eigenvalue weighted by atomic mass is 9.99. The second-order valence-electron chi connectivity index (χ2n) is 6.57. The molecule has 0 aliphatic carbocycles. The van der Waals surface area contributed by atoms with E-state index in [1.165, 1.54) is 17.8 Å². The Morgan fingerprint density at radius 1 is 1.15 bits per heavy atom. The molecule has 144 valence electrons. The first-order valence-corrected chi connectivity index (χ1v) is 11.1. The third-order valence-corrected chi connectivity index (χ3v) is 7.47. The van der Waals surface area contributed by atoms with Crippen molar-refractivity contribution in [2.24, 2.45) is 5.92 Å². The minimum atomic E-state index is -0.0179. The second kappa shape index (κ2) is 9.23. The van der Waals surface area contributed by atoms with Crippen molar-refractivity contribution in [3.8, 4) is 0 Å². The van der Waals surface area contributed by atoms with Crippen LogP contribution in [0.15, 0.2) is 29.2 Å². The summed E-state index contributed by atoms with van der Waals surface area (Å²) >= 11 is 26.1. The largest absolute Gasteiger partial charge is 0.337 e. The molecule has 3 nitrogen and oxygen atoms in total. The van der Waals surface area contributed by atoms with E-state index in [4.69, 9.17) is 46.4 Å². The van der Waals surface area contributed by atoms with Crippen LogP contribution in [0.4, 0.5) is 0 Å². The van der Waals surface area contributed by atoms with Crippen molar-refractivity contribution in [1.29, 1.82) is 0 Å². The monoisotopic (exact) mass is 462 g/mol. The van der Waals surface area contributed by atoms with Gasteiger partial charge in [-0.05, 0) is 37.0 Å². The molecule has 1 aromatic carbocycles. The van der Waals surface area contributed by atoms with E-state index in [0.717, 1.165) is 31.6 Å². The number of hydrogen-bond acceptors (Lipinski definition) is 3. The van der Waals surface area contributed by atoms with E-state index < -0.39 is 0 Å². The van der Waals surface area contributed by atoms with Crippen LogP contribution in [0.25, 0.3) is 0 Å². The Morgan fingerprint density at radius 3 is 2.41 bits per heavy atom. The third-order valence-electron chi connectivity index (χ3n) is 4.53. The summed E-state index contributed by atoms with van der Waals surface area (Å²) in [6.07, 6.45) is 2.07. The number of thioether (sulfide) groups is 1. The van der Waals surface area contributed by atoms with Crippen LogP contribution >= 0.6 is 58.2 Å². The molecule has 8 heteroatoms. The number of aromatic nitrogens is 1. The molecule has 1 aromatic heterocycles. The number of carbonyl (C=O) groups excluding carboxylic acids is 1. The first-order chi connectivity index (χ1) is 12.9. The fourth-order valence-corrected chi connectivity index (χ4v) is 5.05. The van der Waals surface area contributed by atoms with Gasteiger partial charge < -0.3 is 4.90 Å². The van der Waals surface area contributed by atoms with E-state index in [0.29, 0.717) is 42.4 Å². The lowest BCUT2D eigenvalue weighted by Gasteiger charge is -2.30. The fourth-order valence-electron chi connectivity index (χ4n) is 2.88. The first kappa shape index (κ1) is 21.1. The zero-order chi connectivity index (χ0) is 19.6. The molecule has 1 aliphatic heterocycles. The molecule has 0 N–H and O–H groups in total. The van der Waals surface area contributed by atoms with Gasteiger partial charge in [-0.25, -0.2) is 4.98 Å². The summed E-state index contributed by atoms with van der Waals surface area (Å²) < 4.78 is 0. The van der Waals surface area contributed by atoms with Crippen molar-refractivity contribution in [1.82, 2.24) is 9.88 Å². The van der Waals surface area contributed by atoms with Gasteiger partial charge in [-0.1, -0.05) is 59.4 Å². The topological polar surface area (TPSA) is 33.2 Å². The van der Waals surface area contributed by atoms with Crippen molar-refractivity contribution in [2.45, 2.75) is 30.4 Å².